The fourth-order valence-corrected chi connectivity index (χ4v) is 2.71. The molecule has 132 valence electrons. The van der Waals surface area contributed by atoms with Crippen molar-refractivity contribution in [3.8, 4) is 11.1 Å². The highest BCUT2D eigenvalue weighted by atomic mass is 19.1. The number of carboxylic acid groups (broad SMARTS) is 1. The third-order valence-corrected chi connectivity index (χ3v) is 4.05. The van der Waals surface area contributed by atoms with E-state index >= 15 is 0 Å². The van der Waals surface area contributed by atoms with Crippen LogP contribution in [0, 0.1) is 19.7 Å². The van der Waals surface area contributed by atoms with Crippen LogP contribution >= 0.6 is 0 Å². The molecule has 0 saturated carbocycles. The molecule has 0 aliphatic carbocycles. The average Bonchev–Trinajstić information content (AvgIpc) is 2.52. The van der Waals surface area contributed by atoms with Crippen molar-refractivity contribution in [3.05, 3.63) is 58.4 Å². The van der Waals surface area contributed by atoms with Crippen LogP contribution in [0.2, 0.25) is 0 Å². The van der Waals surface area contributed by atoms with Gasteiger partial charge in [-0.05, 0) is 80.6 Å². The van der Waals surface area contributed by atoms with E-state index in [4.69, 9.17) is 5.11 Å². The van der Waals surface area contributed by atoms with Crippen LogP contribution in [-0.4, -0.2) is 17.1 Å². The topological polar surface area (TPSA) is 49.3 Å². The molecule has 2 rings (SSSR count). The summed E-state index contributed by atoms with van der Waals surface area (Å²) in [5.74, 6) is -1.22. The molecule has 25 heavy (non-hydrogen) atoms. The van der Waals surface area contributed by atoms with Crippen LogP contribution in [-0.2, 0) is 4.79 Å². The van der Waals surface area contributed by atoms with Crippen LogP contribution in [0.15, 0.2) is 35.9 Å². The monoisotopic (exact) mass is 341 g/mol. The molecular weight excluding hydrogens is 317 g/mol. The summed E-state index contributed by atoms with van der Waals surface area (Å²) in [6, 6.07) is 9.25. The van der Waals surface area contributed by atoms with Gasteiger partial charge < -0.3 is 10.4 Å². The molecule has 3 nitrogen and oxygen atoms in total. The van der Waals surface area contributed by atoms with E-state index in [2.05, 4.69) is 5.32 Å². The largest absolute Gasteiger partial charge is 0.478 e. The first kappa shape index (κ1) is 18.7. The highest BCUT2D eigenvalue weighted by molar-refractivity contribution is 5.92. The van der Waals surface area contributed by atoms with Crippen LogP contribution in [0.3, 0.4) is 0 Å². The number of hydrogen-bond acceptors (Lipinski definition) is 2. The van der Waals surface area contributed by atoms with Crippen molar-refractivity contribution in [1.82, 2.24) is 0 Å². The highest BCUT2D eigenvalue weighted by Gasteiger charge is 2.10. The molecule has 0 aliphatic heterocycles. The van der Waals surface area contributed by atoms with Gasteiger partial charge in [-0.25, -0.2) is 9.18 Å². The van der Waals surface area contributed by atoms with Gasteiger partial charge in [-0.2, -0.15) is 0 Å². The number of aliphatic carboxylic acids is 1. The highest BCUT2D eigenvalue weighted by Crippen LogP contribution is 2.30. The van der Waals surface area contributed by atoms with Crippen molar-refractivity contribution in [3.63, 3.8) is 0 Å². The molecule has 0 saturated heterocycles. The van der Waals surface area contributed by atoms with Crippen LogP contribution in [0.5, 0.6) is 0 Å². The molecule has 0 amide bonds. The molecule has 0 spiro atoms. The van der Waals surface area contributed by atoms with Gasteiger partial charge in [0.2, 0.25) is 0 Å². The standard InChI is InChI=1S/C21H24FNO2/c1-12(2)23-20-7-6-16(11-19(20)22)18-10-13(3)17(8-14(18)4)9-15(5)21(24)25/h6-12,23H,1-5H3,(H,24,25)/b15-9+. The number of anilines is 1. The van der Waals surface area contributed by atoms with Crippen molar-refractivity contribution in [2.24, 2.45) is 0 Å². The van der Waals surface area contributed by atoms with Gasteiger partial charge in [-0.15, -0.1) is 0 Å². The number of aryl methyl sites for hydroxylation is 2. The molecule has 2 aromatic carbocycles. The van der Waals surface area contributed by atoms with E-state index in [1.807, 2.05) is 45.9 Å². The first-order chi connectivity index (χ1) is 11.7. The number of carboxylic acids is 1. The van der Waals surface area contributed by atoms with Crippen molar-refractivity contribution in [1.29, 1.82) is 0 Å². The van der Waals surface area contributed by atoms with E-state index in [1.54, 1.807) is 19.1 Å². The summed E-state index contributed by atoms with van der Waals surface area (Å²) in [7, 11) is 0. The van der Waals surface area contributed by atoms with Gasteiger partial charge in [0.1, 0.15) is 5.82 Å². The zero-order valence-electron chi connectivity index (χ0n) is 15.3. The third kappa shape index (κ3) is 4.47. The lowest BCUT2D eigenvalue weighted by Crippen LogP contribution is -2.10. The quantitative estimate of drug-likeness (QED) is 0.714. The number of carbonyl (C=O) groups is 1. The third-order valence-electron chi connectivity index (χ3n) is 4.05. The maximum Gasteiger partial charge on any atom is 0.331 e. The smallest absolute Gasteiger partial charge is 0.331 e. The average molecular weight is 341 g/mol. The van der Waals surface area contributed by atoms with Gasteiger partial charge in [0.05, 0.1) is 5.69 Å². The number of halogens is 1. The minimum atomic E-state index is -0.934. The lowest BCUT2D eigenvalue weighted by Gasteiger charge is -2.14. The van der Waals surface area contributed by atoms with Crippen LogP contribution in [0.4, 0.5) is 10.1 Å². The van der Waals surface area contributed by atoms with E-state index in [0.717, 1.165) is 27.8 Å². The summed E-state index contributed by atoms with van der Waals surface area (Å²) in [6.45, 7) is 9.37. The lowest BCUT2D eigenvalue weighted by atomic mass is 9.94. The second-order valence-corrected chi connectivity index (χ2v) is 6.65. The Hall–Kier alpha value is -2.62. The first-order valence-corrected chi connectivity index (χ1v) is 8.28. The van der Waals surface area contributed by atoms with Crippen molar-refractivity contribution in [2.75, 3.05) is 5.32 Å². The molecule has 0 fully saturated rings. The first-order valence-electron chi connectivity index (χ1n) is 8.28. The maximum absolute atomic E-state index is 14.3. The Kier molecular flexibility index (Phi) is 5.62. The molecule has 2 aromatic rings. The minimum Gasteiger partial charge on any atom is -0.478 e. The molecule has 2 N–H and O–H groups in total. The predicted molar refractivity (Wildman–Crippen MR) is 101 cm³/mol. The normalized spacial score (nSPS) is 11.7. The van der Waals surface area contributed by atoms with Crippen molar-refractivity contribution < 1.29 is 14.3 Å². The Morgan fingerprint density at radius 1 is 1.16 bits per heavy atom. The Morgan fingerprint density at radius 3 is 2.40 bits per heavy atom. The SMILES string of the molecule is C/C(=C\c1cc(C)c(-c2ccc(NC(C)C)c(F)c2)cc1C)C(=O)O. The van der Waals surface area contributed by atoms with Gasteiger partial charge >= 0.3 is 5.97 Å². The van der Waals surface area contributed by atoms with E-state index in [9.17, 15) is 9.18 Å². The summed E-state index contributed by atoms with van der Waals surface area (Å²) in [5, 5.41) is 12.1. The molecule has 4 heteroatoms. The number of rotatable bonds is 5. The fourth-order valence-electron chi connectivity index (χ4n) is 2.71. The minimum absolute atomic E-state index is 0.160. The van der Waals surface area contributed by atoms with E-state index in [0.29, 0.717) is 5.69 Å². The fraction of sp³-hybridized carbons (Fsp3) is 0.286. The van der Waals surface area contributed by atoms with Crippen LogP contribution < -0.4 is 5.32 Å². The Morgan fingerprint density at radius 2 is 1.84 bits per heavy atom. The van der Waals surface area contributed by atoms with Gasteiger partial charge in [-0.3, -0.25) is 0 Å². The summed E-state index contributed by atoms with van der Waals surface area (Å²) < 4.78 is 14.3. The summed E-state index contributed by atoms with van der Waals surface area (Å²) in [6.07, 6.45) is 1.66. The van der Waals surface area contributed by atoms with E-state index in [-0.39, 0.29) is 17.4 Å². The Bertz CT molecular complexity index is 838. The summed E-state index contributed by atoms with van der Waals surface area (Å²) >= 11 is 0. The molecule has 0 aliphatic rings. The molecule has 0 atom stereocenters. The van der Waals surface area contributed by atoms with Crippen LogP contribution in [0.25, 0.3) is 17.2 Å². The predicted octanol–water partition coefficient (Wildman–Crippen LogP) is 5.42. The van der Waals surface area contributed by atoms with Crippen LogP contribution in [0.1, 0.15) is 37.5 Å². The number of nitrogens with one attached hydrogen (secondary N) is 1. The molecule has 0 unspecified atom stereocenters. The van der Waals surface area contributed by atoms with Crippen molar-refractivity contribution in [2.45, 2.75) is 40.7 Å². The molecule has 0 heterocycles. The second-order valence-electron chi connectivity index (χ2n) is 6.65. The number of benzene rings is 2. The second kappa shape index (κ2) is 7.51. The van der Waals surface area contributed by atoms with Gasteiger partial charge in [0, 0.05) is 11.6 Å². The maximum atomic E-state index is 14.3. The summed E-state index contributed by atoms with van der Waals surface area (Å²) in [5.41, 5.74) is 5.30. The Balaban J connectivity index is 2.44. The zero-order chi connectivity index (χ0) is 18.7. The molecular formula is C21H24FNO2. The van der Waals surface area contributed by atoms with Gasteiger partial charge in [0.25, 0.3) is 0 Å². The summed E-state index contributed by atoms with van der Waals surface area (Å²) in [4.78, 5) is 11.0. The van der Waals surface area contributed by atoms with Gasteiger partial charge in [0.15, 0.2) is 0 Å². The van der Waals surface area contributed by atoms with E-state index < -0.39 is 5.97 Å². The molecule has 0 radical (unpaired) electrons. The number of hydrogen-bond donors (Lipinski definition) is 2. The molecule has 0 aromatic heterocycles. The Labute approximate surface area is 148 Å². The molecule has 0 bridgehead atoms. The van der Waals surface area contributed by atoms with Crippen molar-refractivity contribution >= 4 is 17.7 Å². The zero-order valence-corrected chi connectivity index (χ0v) is 15.3. The van der Waals surface area contributed by atoms with E-state index in [1.165, 1.54) is 6.07 Å². The lowest BCUT2D eigenvalue weighted by molar-refractivity contribution is -0.132. The van der Waals surface area contributed by atoms with Gasteiger partial charge in [-0.1, -0.05) is 18.2 Å².